The summed E-state index contributed by atoms with van der Waals surface area (Å²) in [6.07, 6.45) is 0.375. The van der Waals surface area contributed by atoms with Crippen molar-refractivity contribution in [2.24, 2.45) is 5.73 Å². The molecule has 2 aromatic rings. The average Bonchev–Trinajstić information content (AvgIpc) is 2.85. The van der Waals surface area contributed by atoms with Gasteiger partial charge in [0.1, 0.15) is 5.82 Å². The summed E-state index contributed by atoms with van der Waals surface area (Å²) in [4.78, 5) is 11.6. The lowest BCUT2D eigenvalue weighted by Gasteiger charge is -2.08. The summed E-state index contributed by atoms with van der Waals surface area (Å²) in [5.74, 6) is -1.01. The Morgan fingerprint density at radius 1 is 1.52 bits per heavy atom. The SMILES string of the molecule is COC(=O)c1nnn(Cc2cc(Cl)ccc2F)c1CCN. The van der Waals surface area contributed by atoms with Crippen molar-refractivity contribution in [3.63, 3.8) is 0 Å². The summed E-state index contributed by atoms with van der Waals surface area (Å²) >= 11 is 5.86. The van der Waals surface area contributed by atoms with E-state index in [0.717, 1.165) is 0 Å². The van der Waals surface area contributed by atoms with Crippen LogP contribution < -0.4 is 5.73 Å². The molecule has 0 bridgehead atoms. The van der Waals surface area contributed by atoms with E-state index in [1.807, 2.05) is 0 Å². The molecule has 1 heterocycles. The summed E-state index contributed by atoms with van der Waals surface area (Å²) in [6, 6.07) is 4.24. The van der Waals surface area contributed by atoms with Gasteiger partial charge < -0.3 is 10.5 Å². The van der Waals surface area contributed by atoms with Crippen molar-refractivity contribution in [2.75, 3.05) is 13.7 Å². The summed E-state index contributed by atoms with van der Waals surface area (Å²) < 4.78 is 19.8. The van der Waals surface area contributed by atoms with E-state index in [4.69, 9.17) is 17.3 Å². The molecular weight excluding hydrogens is 299 g/mol. The van der Waals surface area contributed by atoms with Gasteiger partial charge >= 0.3 is 5.97 Å². The van der Waals surface area contributed by atoms with Crippen molar-refractivity contribution in [3.05, 3.63) is 46.0 Å². The lowest BCUT2D eigenvalue weighted by molar-refractivity contribution is 0.0592. The van der Waals surface area contributed by atoms with Gasteiger partial charge in [-0.05, 0) is 24.7 Å². The van der Waals surface area contributed by atoms with Crippen LogP contribution in [0.25, 0.3) is 0 Å². The molecule has 0 radical (unpaired) electrons. The number of benzene rings is 1. The van der Waals surface area contributed by atoms with Crippen molar-refractivity contribution in [3.8, 4) is 0 Å². The standard InChI is InChI=1S/C13H14ClFN4O2/c1-21-13(20)12-11(4-5-16)19(18-17-12)7-8-6-9(14)2-3-10(8)15/h2-3,6H,4-5,7,16H2,1H3. The Morgan fingerprint density at radius 2 is 2.29 bits per heavy atom. The van der Waals surface area contributed by atoms with Crippen LogP contribution in [0.1, 0.15) is 21.7 Å². The zero-order valence-electron chi connectivity index (χ0n) is 11.3. The predicted molar refractivity (Wildman–Crippen MR) is 74.6 cm³/mol. The first-order valence-corrected chi connectivity index (χ1v) is 6.59. The van der Waals surface area contributed by atoms with E-state index >= 15 is 0 Å². The Bertz CT molecular complexity index is 660. The van der Waals surface area contributed by atoms with Gasteiger partial charge in [-0.2, -0.15) is 0 Å². The third kappa shape index (κ3) is 3.37. The largest absolute Gasteiger partial charge is 0.464 e. The number of hydrogen-bond donors (Lipinski definition) is 1. The summed E-state index contributed by atoms with van der Waals surface area (Å²) in [7, 11) is 1.25. The highest BCUT2D eigenvalue weighted by Crippen LogP contribution is 2.17. The number of halogens is 2. The van der Waals surface area contributed by atoms with Crippen LogP contribution in [0.4, 0.5) is 4.39 Å². The van der Waals surface area contributed by atoms with Crippen molar-refractivity contribution in [1.82, 2.24) is 15.0 Å². The fourth-order valence-electron chi connectivity index (χ4n) is 1.93. The lowest BCUT2D eigenvalue weighted by Crippen LogP contribution is -2.15. The number of methoxy groups -OCH3 is 1. The van der Waals surface area contributed by atoms with E-state index in [1.165, 1.54) is 30.0 Å². The van der Waals surface area contributed by atoms with Gasteiger partial charge in [0.2, 0.25) is 0 Å². The highest BCUT2D eigenvalue weighted by atomic mass is 35.5. The molecule has 112 valence electrons. The zero-order valence-corrected chi connectivity index (χ0v) is 12.1. The summed E-state index contributed by atoms with van der Waals surface area (Å²) in [5, 5.41) is 8.07. The molecule has 1 aromatic carbocycles. The third-order valence-corrected chi connectivity index (χ3v) is 3.16. The second-order valence-corrected chi connectivity index (χ2v) is 4.74. The first-order chi connectivity index (χ1) is 10.1. The molecule has 21 heavy (non-hydrogen) atoms. The number of nitrogens with two attached hydrogens (primary N) is 1. The average molecular weight is 313 g/mol. The van der Waals surface area contributed by atoms with E-state index < -0.39 is 11.8 Å². The van der Waals surface area contributed by atoms with Crippen molar-refractivity contribution in [1.29, 1.82) is 0 Å². The van der Waals surface area contributed by atoms with Gasteiger partial charge in [-0.15, -0.1) is 5.10 Å². The van der Waals surface area contributed by atoms with Crippen LogP contribution in [0, 0.1) is 5.82 Å². The maximum atomic E-state index is 13.8. The highest BCUT2D eigenvalue weighted by Gasteiger charge is 2.20. The topological polar surface area (TPSA) is 83.0 Å². The van der Waals surface area contributed by atoms with Gasteiger partial charge in [0.05, 0.1) is 19.3 Å². The maximum Gasteiger partial charge on any atom is 0.360 e. The first-order valence-electron chi connectivity index (χ1n) is 6.21. The molecule has 0 aliphatic carbocycles. The van der Waals surface area contributed by atoms with Gasteiger partial charge in [-0.25, -0.2) is 13.9 Å². The van der Waals surface area contributed by atoms with Crippen molar-refractivity contribution >= 4 is 17.6 Å². The van der Waals surface area contributed by atoms with Crippen molar-refractivity contribution < 1.29 is 13.9 Å². The van der Waals surface area contributed by atoms with Crippen LogP contribution in [0.2, 0.25) is 5.02 Å². The molecule has 0 saturated carbocycles. The Labute approximate surface area is 125 Å². The minimum atomic E-state index is -0.601. The zero-order chi connectivity index (χ0) is 15.4. The van der Waals surface area contributed by atoms with Gasteiger partial charge in [0.15, 0.2) is 5.69 Å². The lowest BCUT2D eigenvalue weighted by atomic mass is 10.2. The molecule has 0 amide bonds. The highest BCUT2D eigenvalue weighted by molar-refractivity contribution is 6.30. The molecule has 0 aliphatic rings. The van der Waals surface area contributed by atoms with E-state index in [2.05, 4.69) is 15.0 Å². The fraction of sp³-hybridized carbons (Fsp3) is 0.308. The van der Waals surface area contributed by atoms with E-state index in [0.29, 0.717) is 29.2 Å². The number of carbonyl (C=O) groups excluding carboxylic acids is 1. The van der Waals surface area contributed by atoms with E-state index in [9.17, 15) is 9.18 Å². The summed E-state index contributed by atoms with van der Waals surface area (Å²) in [6.45, 7) is 0.404. The molecular formula is C13H14ClFN4O2. The van der Waals surface area contributed by atoms with Crippen LogP contribution in [-0.4, -0.2) is 34.6 Å². The van der Waals surface area contributed by atoms with Gasteiger partial charge in [0.25, 0.3) is 0 Å². The molecule has 0 saturated heterocycles. The molecule has 0 fully saturated rings. The monoisotopic (exact) mass is 312 g/mol. The van der Waals surface area contributed by atoms with Crippen LogP contribution in [0.15, 0.2) is 18.2 Å². The van der Waals surface area contributed by atoms with Crippen LogP contribution in [-0.2, 0) is 17.7 Å². The quantitative estimate of drug-likeness (QED) is 0.844. The molecule has 0 aliphatic heterocycles. The molecule has 6 nitrogen and oxygen atoms in total. The van der Waals surface area contributed by atoms with Crippen molar-refractivity contribution in [2.45, 2.75) is 13.0 Å². The van der Waals surface area contributed by atoms with E-state index in [-0.39, 0.29) is 12.2 Å². The molecule has 0 unspecified atom stereocenters. The summed E-state index contributed by atoms with van der Waals surface area (Å²) in [5.41, 5.74) is 6.47. The third-order valence-electron chi connectivity index (χ3n) is 2.93. The predicted octanol–water partition coefficient (Wildman–Crippen LogP) is 1.41. The van der Waals surface area contributed by atoms with Crippen LogP contribution in [0.3, 0.4) is 0 Å². The molecule has 1 aromatic heterocycles. The van der Waals surface area contributed by atoms with Gasteiger partial charge in [-0.3, -0.25) is 0 Å². The number of aromatic nitrogens is 3. The van der Waals surface area contributed by atoms with Crippen LogP contribution in [0.5, 0.6) is 0 Å². The molecule has 0 spiro atoms. The van der Waals surface area contributed by atoms with Gasteiger partial charge in [0, 0.05) is 17.0 Å². The first kappa shape index (κ1) is 15.4. The Balaban J connectivity index is 2.37. The minimum Gasteiger partial charge on any atom is -0.464 e. The van der Waals surface area contributed by atoms with Gasteiger partial charge in [-0.1, -0.05) is 16.8 Å². The molecule has 8 heteroatoms. The van der Waals surface area contributed by atoms with E-state index in [1.54, 1.807) is 0 Å². The second-order valence-electron chi connectivity index (χ2n) is 4.31. The second kappa shape index (κ2) is 6.64. The number of rotatable bonds is 5. The molecule has 2 rings (SSSR count). The number of carbonyl (C=O) groups is 1. The Hall–Kier alpha value is -1.99. The minimum absolute atomic E-state index is 0.0883. The number of ether oxygens (including phenoxy) is 1. The number of nitrogens with zero attached hydrogens (tertiary/aromatic N) is 3. The maximum absolute atomic E-state index is 13.8. The van der Waals surface area contributed by atoms with Crippen LogP contribution >= 0.6 is 11.6 Å². The Morgan fingerprint density at radius 3 is 2.95 bits per heavy atom. The molecule has 0 atom stereocenters. The Kier molecular flexibility index (Phi) is 4.87. The molecule has 2 N–H and O–H groups in total. The smallest absolute Gasteiger partial charge is 0.360 e. The normalized spacial score (nSPS) is 10.7. The fourth-order valence-corrected chi connectivity index (χ4v) is 2.12. The number of esters is 1. The number of hydrogen-bond acceptors (Lipinski definition) is 5.